The van der Waals surface area contributed by atoms with E-state index in [2.05, 4.69) is 38.2 Å². The van der Waals surface area contributed by atoms with Crippen molar-refractivity contribution in [3.8, 4) is 17.0 Å². The fraction of sp³-hybridized carbons (Fsp3) is 0.375. The summed E-state index contributed by atoms with van der Waals surface area (Å²) in [6.45, 7) is 2.96. The molecule has 0 amide bonds. The number of pyridine rings is 2. The average Bonchev–Trinajstić information content (AvgIpc) is 3.68. The Hall–Kier alpha value is -3.66. The van der Waals surface area contributed by atoms with E-state index in [9.17, 15) is 9.90 Å². The number of carbonyl (C=O) groups is 1. The van der Waals surface area contributed by atoms with Gasteiger partial charge in [-0.2, -0.15) is 0 Å². The number of aromatic carboxylic acids is 1. The molecule has 2 aliphatic heterocycles. The van der Waals surface area contributed by atoms with Crippen LogP contribution in [0.2, 0.25) is 10.0 Å². The van der Waals surface area contributed by atoms with E-state index in [-0.39, 0.29) is 11.8 Å². The first-order chi connectivity index (χ1) is 20.9. The summed E-state index contributed by atoms with van der Waals surface area (Å²) in [4.78, 5) is 22.4. The second-order valence-electron chi connectivity index (χ2n) is 12.2. The van der Waals surface area contributed by atoms with Crippen LogP contribution in [0.3, 0.4) is 0 Å². The lowest BCUT2D eigenvalue weighted by Gasteiger charge is -2.59. The van der Waals surface area contributed by atoms with Gasteiger partial charge in [0, 0.05) is 65.1 Å². The monoisotopic (exact) mass is 618 g/mol. The quantitative estimate of drug-likeness (QED) is 0.226. The summed E-state index contributed by atoms with van der Waals surface area (Å²) in [7, 11) is 0. The molecule has 0 unspecified atom stereocenters. The fourth-order valence-electron chi connectivity index (χ4n) is 6.60. The molecular weight excluding hydrogens is 591 g/mol. The van der Waals surface area contributed by atoms with Crippen LogP contribution in [0.15, 0.2) is 47.3 Å². The van der Waals surface area contributed by atoms with E-state index in [1.807, 2.05) is 12.1 Å². The van der Waals surface area contributed by atoms with Gasteiger partial charge in [0.1, 0.15) is 23.3 Å². The van der Waals surface area contributed by atoms with Crippen molar-refractivity contribution in [2.75, 3.05) is 31.2 Å². The van der Waals surface area contributed by atoms with Gasteiger partial charge in [-0.1, -0.05) is 40.5 Å². The van der Waals surface area contributed by atoms with Gasteiger partial charge in [0.05, 0.1) is 28.8 Å². The van der Waals surface area contributed by atoms with Crippen LogP contribution in [0.1, 0.15) is 53.4 Å². The van der Waals surface area contributed by atoms with Gasteiger partial charge in [0.2, 0.25) is 0 Å². The van der Waals surface area contributed by atoms with Crippen LogP contribution in [0.25, 0.3) is 28.2 Å². The molecule has 1 aromatic carbocycles. The van der Waals surface area contributed by atoms with E-state index in [0.717, 1.165) is 61.2 Å². The molecule has 0 radical (unpaired) electrons. The van der Waals surface area contributed by atoms with Crippen molar-refractivity contribution in [2.45, 2.75) is 37.7 Å². The van der Waals surface area contributed by atoms with Crippen LogP contribution in [-0.4, -0.2) is 58.6 Å². The van der Waals surface area contributed by atoms with Gasteiger partial charge >= 0.3 is 5.97 Å². The number of carboxylic acid groups (broad SMARTS) is 1. The number of fused-ring (bicyclic) bond motifs is 1. The van der Waals surface area contributed by atoms with Crippen LogP contribution in [0.4, 0.5) is 5.69 Å². The number of nitrogens with zero attached hydrogens (tertiary/aromatic N) is 4. The van der Waals surface area contributed by atoms with Crippen LogP contribution in [0, 0.1) is 11.3 Å². The van der Waals surface area contributed by atoms with Crippen LogP contribution < -0.4 is 9.64 Å². The number of anilines is 1. The van der Waals surface area contributed by atoms with Crippen molar-refractivity contribution < 1.29 is 23.9 Å². The Kier molecular flexibility index (Phi) is 6.40. The van der Waals surface area contributed by atoms with Gasteiger partial charge in [-0.05, 0) is 49.8 Å². The van der Waals surface area contributed by atoms with Crippen LogP contribution in [0.5, 0.6) is 5.75 Å². The van der Waals surface area contributed by atoms with E-state index in [0.29, 0.717) is 63.0 Å². The summed E-state index contributed by atoms with van der Waals surface area (Å²) < 4.78 is 17.1. The molecule has 220 valence electrons. The summed E-state index contributed by atoms with van der Waals surface area (Å²) >= 11 is 12.9. The lowest BCUT2D eigenvalue weighted by molar-refractivity contribution is -0.0791. The zero-order valence-corrected chi connectivity index (χ0v) is 24.6. The molecule has 2 aliphatic carbocycles. The number of allylic oxidation sites excluding steroid dienone is 1. The first-order valence-corrected chi connectivity index (χ1v) is 15.3. The molecule has 2 saturated carbocycles. The maximum Gasteiger partial charge on any atom is 0.354 e. The third-order valence-corrected chi connectivity index (χ3v) is 9.59. The molecule has 1 spiro atoms. The maximum atomic E-state index is 11.6. The van der Waals surface area contributed by atoms with Crippen molar-refractivity contribution >= 4 is 51.8 Å². The Morgan fingerprint density at radius 1 is 1.12 bits per heavy atom. The molecule has 5 heterocycles. The molecule has 1 N–H and O–H groups in total. The second kappa shape index (κ2) is 10.2. The average molecular weight is 620 g/mol. The normalized spacial score (nSPS) is 19.9. The summed E-state index contributed by atoms with van der Waals surface area (Å²) in [5.74, 6) is 1.24. The molecule has 4 aromatic rings. The minimum absolute atomic E-state index is 0.0264. The van der Waals surface area contributed by atoms with Crippen molar-refractivity contribution in [3.63, 3.8) is 0 Å². The van der Waals surface area contributed by atoms with Crippen molar-refractivity contribution in [2.24, 2.45) is 11.3 Å². The lowest BCUT2D eigenvalue weighted by atomic mass is 9.57. The summed E-state index contributed by atoms with van der Waals surface area (Å²) in [5.41, 5.74) is 4.27. The van der Waals surface area contributed by atoms with E-state index >= 15 is 0 Å². The SMILES string of the molecule is O=C(O)c1cc(OC2COC2)c2cc(N3CC4(CC(/C=C/c5c(-c6c(Cl)cncc6Cl)noc5C5CC5)C4)C3)ccc2n1. The number of halogens is 2. The van der Waals surface area contributed by atoms with Gasteiger partial charge in [-0.3, -0.25) is 4.98 Å². The van der Waals surface area contributed by atoms with Crippen molar-refractivity contribution in [1.82, 2.24) is 15.1 Å². The number of hydrogen-bond acceptors (Lipinski definition) is 8. The predicted octanol–water partition coefficient (Wildman–Crippen LogP) is 6.87. The minimum Gasteiger partial charge on any atom is -0.485 e. The highest BCUT2D eigenvalue weighted by Gasteiger charge is 2.51. The van der Waals surface area contributed by atoms with Gasteiger partial charge < -0.3 is 24.0 Å². The Morgan fingerprint density at radius 2 is 1.88 bits per heavy atom. The van der Waals surface area contributed by atoms with E-state index in [4.69, 9.17) is 37.2 Å². The highest BCUT2D eigenvalue weighted by atomic mass is 35.5. The van der Waals surface area contributed by atoms with Crippen molar-refractivity contribution in [3.05, 3.63) is 69.8 Å². The molecule has 43 heavy (non-hydrogen) atoms. The predicted molar refractivity (Wildman–Crippen MR) is 162 cm³/mol. The van der Waals surface area contributed by atoms with Gasteiger partial charge in [0.15, 0.2) is 5.69 Å². The topological polar surface area (TPSA) is 111 Å². The second-order valence-corrected chi connectivity index (χ2v) is 13.0. The molecule has 9 nitrogen and oxygen atoms in total. The zero-order chi connectivity index (χ0) is 29.3. The highest BCUT2D eigenvalue weighted by molar-refractivity contribution is 6.39. The zero-order valence-electron chi connectivity index (χ0n) is 23.1. The Balaban J connectivity index is 0.971. The standard InChI is InChI=1S/C32H28Cl2N4O5/c33-23-11-35-12-24(34)28(23)29-21(30(43-37-29)18-2-3-18)5-1-17-9-32(10-17)15-38(16-32)19-4-6-25-22(7-19)27(42-20-13-41-14-20)8-26(36-25)31(39)40/h1,4-8,11-12,17-18,20H,2-3,9-10,13-16H2,(H,39,40)/b5-1+. The molecular formula is C32H28Cl2N4O5. The molecule has 4 fully saturated rings. The van der Waals surface area contributed by atoms with Gasteiger partial charge in [-0.25, -0.2) is 9.78 Å². The van der Waals surface area contributed by atoms with E-state index in [1.54, 1.807) is 12.4 Å². The first kappa shape index (κ1) is 26.9. The number of carboxylic acids is 1. The summed E-state index contributed by atoms with van der Waals surface area (Å²) in [6.07, 6.45) is 12.0. The summed E-state index contributed by atoms with van der Waals surface area (Å²) in [5, 5.41) is 15.6. The molecule has 8 rings (SSSR count). The first-order valence-electron chi connectivity index (χ1n) is 14.5. The fourth-order valence-corrected chi connectivity index (χ4v) is 7.15. The van der Waals surface area contributed by atoms with E-state index < -0.39 is 5.97 Å². The molecule has 2 saturated heterocycles. The molecule has 0 atom stereocenters. The Morgan fingerprint density at radius 3 is 2.56 bits per heavy atom. The maximum absolute atomic E-state index is 11.6. The van der Waals surface area contributed by atoms with E-state index in [1.165, 1.54) is 6.07 Å². The number of ether oxygens (including phenoxy) is 2. The van der Waals surface area contributed by atoms with Crippen LogP contribution in [-0.2, 0) is 4.74 Å². The van der Waals surface area contributed by atoms with Crippen LogP contribution >= 0.6 is 23.2 Å². The molecule has 3 aromatic heterocycles. The smallest absolute Gasteiger partial charge is 0.354 e. The Labute approximate surface area is 257 Å². The Bertz CT molecular complexity index is 1760. The lowest BCUT2D eigenvalue weighted by Crippen LogP contribution is -2.62. The summed E-state index contributed by atoms with van der Waals surface area (Å²) in [6, 6.07) is 7.48. The minimum atomic E-state index is -1.08. The third kappa shape index (κ3) is 4.83. The van der Waals surface area contributed by atoms with Crippen molar-refractivity contribution in [1.29, 1.82) is 0 Å². The number of aromatic nitrogens is 3. The van der Waals surface area contributed by atoms with Gasteiger partial charge in [-0.15, -0.1) is 0 Å². The molecule has 0 bridgehead atoms. The highest BCUT2D eigenvalue weighted by Crippen LogP contribution is 2.54. The largest absolute Gasteiger partial charge is 0.485 e. The molecule has 11 heteroatoms. The number of rotatable bonds is 8. The number of hydrogen-bond donors (Lipinski definition) is 1. The third-order valence-electron chi connectivity index (χ3n) is 9.01. The molecule has 4 aliphatic rings. The number of benzene rings is 1. The van der Waals surface area contributed by atoms with Gasteiger partial charge in [0.25, 0.3) is 0 Å².